The van der Waals surface area contributed by atoms with Gasteiger partial charge in [0.1, 0.15) is 5.82 Å². The fourth-order valence-corrected chi connectivity index (χ4v) is 4.53. The lowest BCUT2D eigenvalue weighted by Gasteiger charge is -2.24. The lowest BCUT2D eigenvalue weighted by atomic mass is 9.97. The molecule has 1 saturated heterocycles. The molecule has 5 rings (SSSR count). The molecule has 2 aromatic heterocycles. The third-order valence-electron chi connectivity index (χ3n) is 6.30. The average Bonchev–Trinajstić information content (AvgIpc) is 3.10. The number of ether oxygens (including phenoxy) is 1. The van der Waals surface area contributed by atoms with Crippen molar-refractivity contribution in [1.29, 1.82) is 0 Å². The van der Waals surface area contributed by atoms with Gasteiger partial charge in [-0.1, -0.05) is 30.3 Å². The summed E-state index contributed by atoms with van der Waals surface area (Å²) in [7, 11) is 0. The second-order valence-electron chi connectivity index (χ2n) is 8.76. The van der Waals surface area contributed by atoms with Crippen LogP contribution in [0, 0.1) is 12.8 Å². The van der Waals surface area contributed by atoms with Gasteiger partial charge in [0.15, 0.2) is 0 Å². The van der Waals surface area contributed by atoms with Crippen LogP contribution in [-0.4, -0.2) is 51.6 Å². The summed E-state index contributed by atoms with van der Waals surface area (Å²) in [5.74, 6) is 1.29. The molecule has 3 heterocycles. The Kier molecular flexibility index (Phi) is 6.17. The van der Waals surface area contributed by atoms with Crippen molar-refractivity contribution in [1.82, 2.24) is 19.4 Å². The number of amides is 1. The van der Waals surface area contributed by atoms with Crippen molar-refractivity contribution < 1.29 is 9.53 Å². The lowest BCUT2D eigenvalue weighted by Crippen LogP contribution is -2.36. The van der Waals surface area contributed by atoms with Gasteiger partial charge in [0.05, 0.1) is 13.2 Å². The third kappa shape index (κ3) is 4.96. The van der Waals surface area contributed by atoms with E-state index in [2.05, 4.69) is 38.8 Å². The number of carbonyl (C=O) groups excluding carboxylic acids is 1. The summed E-state index contributed by atoms with van der Waals surface area (Å²) in [4.78, 5) is 23.8. The molecule has 1 aliphatic rings. The monoisotopic (exact) mass is 440 g/mol. The molecule has 0 radical (unpaired) electrons. The number of pyridine rings is 1. The van der Waals surface area contributed by atoms with E-state index in [4.69, 9.17) is 4.74 Å². The Labute approximate surface area is 193 Å². The first kappa shape index (κ1) is 21.3. The topological polar surface area (TPSA) is 60.2 Å². The van der Waals surface area contributed by atoms with Crippen molar-refractivity contribution in [2.45, 2.75) is 19.9 Å². The molecule has 6 nitrogen and oxygen atoms in total. The van der Waals surface area contributed by atoms with Crippen molar-refractivity contribution in [3.8, 4) is 0 Å². The van der Waals surface area contributed by atoms with Crippen molar-refractivity contribution in [3.63, 3.8) is 0 Å². The summed E-state index contributed by atoms with van der Waals surface area (Å²) in [5.41, 5.74) is 3.08. The first-order valence-electron chi connectivity index (χ1n) is 11.4. The van der Waals surface area contributed by atoms with Crippen molar-refractivity contribution in [3.05, 3.63) is 95.8 Å². The van der Waals surface area contributed by atoms with E-state index in [-0.39, 0.29) is 11.8 Å². The van der Waals surface area contributed by atoms with Gasteiger partial charge >= 0.3 is 0 Å². The maximum atomic E-state index is 13.4. The molecule has 1 amide bonds. The molecule has 0 bridgehead atoms. The molecule has 0 saturated carbocycles. The Morgan fingerprint density at radius 1 is 1.09 bits per heavy atom. The molecule has 0 spiro atoms. The molecule has 1 fully saturated rings. The van der Waals surface area contributed by atoms with Crippen LogP contribution in [0.4, 0.5) is 0 Å². The molecule has 2 aromatic carbocycles. The number of nitrogens with zero attached hydrogens (tertiary/aromatic N) is 4. The number of carbonyl (C=O) groups is 1. The van der Waals surface area contributed by atoms with Crippen LogP contribution in [0.1, 0.15) is 27.3 Å². The highest BCUT2D eigenvalue weighted by molar-refractivity contribution is 5.94. The van der Waals surface area contributed by atoms with Crippen molar-refractivity contribution in [2.75, 3.05) is 26.3 Å². The highest BCUT2D eigenvalue weighted by Gasteiger charge is 2.24. The van der Waals surface area contributed by atoms with Crippen LogP contribution in [0.15, 0.2) is 73.3 Å². The Bertz CT molecular complexity index is 1270. The maximum Gasteiger partial charge on any atom is 0.253 e. The van der Waals surface area contributed by atoms with E-state index < -0.39 is 0 Å². The zero-order chi connectivity index (χ0) is 22.6. The largest absolute Gasteiger partial charge is 0.379 e. The minimum atomic E-state index is 0.0688. The lowest BCUT2D eigenvalue weighted by molar-refractivity contribution is 0.0737. The number of imidazole rings is 1. The SMILES string of the molecule is Cc1nccn1Cc1cccc(C(=O)N2CCOC[C@@H](Cc3ccc4cnccc4c3)C2)c1. The minimum absolute atomic E-state index is 0.0688. The molecule has 0 N–H and O–H groups in total. The summed E-state index contributed by atoms with van der Waals surface area (Å²) < 4.78 is 7.96. The molecule has 168 valence electrons. The number of rotatable bonds is 5. The predicted molar refractivity (Wildman–Crippen MR) is 128 cm³/mol. The summed E-state index contributed by atoms with van der Waals surface area (Å²) in [6, 6.07) is 16.5. The molecule has 1 aliphatic heterocycles. The standard InChI is InChI=1S/C27H28N4O2/c1-20-29-9-10-30(20)17-22-3-2-4-25(15-22)27(32)31-11-12-33-19-23(18-31)13-21-5-6-26-16-28-8-7-24(26)14-21/h2-10,14-16,23H,11-13,17-19H2,1H3/t23-/m0/s1. The van der Waals surface area contributed by atoms with Crippen LogP contribution in [0.25, 0.3) is 10.8 Å². The van der Waals surface area contributed by atoms with Crippen LogP contribution in [0.5, 0.6) is 0 Å². The second-order valence-corrected chi connectivity index (χ2v) is 8.76. The summed E-state index contributed by atoms with van der Waals surface area (Å²) in [6.45, 7) is 5.23. The van der Waals surface area contributed by atoms with Gasteiger partial charge in [0.2, 0.25) is 0 Å². The summed E-state index contributed by atoms with van der Waals surface area (Å²) in [6.07, 6.45) is 8.35. The smallest absolute Gasteiger partial charge is 0.253 e. The normalized spacial score (nSPS) is 16.6. The van der Waals surface area contributed by atoms with E-state index in [1.165, 1.54) is 10.9 Å². The number of benzene rings is 2. The van der Waals surface area contributed by atoms with Crippen LogP contribution in [0.3, 0.4) is 0 Å². The fourth-order valence-electron chi connectivity index (χ4n) is 4.53. The van der Waals surface area contributed by atoms with Crippen LogP contribution in [0.2, 0.25) is 0 Å². The van der Waals surface area contributed by atoms with E-state index in [0.29, 0.717) is 32.8 Å². The van der Waals surface area contributed by atoms with Crippen LogP contribution < -0.4 is 0 Å². The maximum absolute atomic E-state index is 13.4. The van der Waals surface area contributed by atoms with Gasteiger partial charge < -0.3 is 14.2 Å². The minimum Gasteiger partial charge on any atom is -0.379 e. The molecular formula is C27H28N4O2. The molecule has 0 unspecified atom stereocenters. The zero-order valence-corrected chi connectivity index (χ0v) is 18.9. The van der Waals surface area contributed by atoms with E-state index in [1.807, 2.05) is 54.7 Å². The van der Waals surface area contributed by atoms with E-state index >= 15 is 0 Å². The van der Waals surface area contributed by atoms with Gasteiger partial charge in [-0.05, 0) is 48.1 Å². The highest BCUT2D eigenvalue weighted by Crippen LogP contribution is 2.20. The number of aryl methyl sites for hydroxylation is 1. The molecule has 0 aliphatic carbocycles. The van der Waals surface area contributed by atoms with E-state index in [9.17, 15) is 4.79 Å². The Hall–Kier alpha value is -3.51. The fraction of sp³-hybridized carbons (Fsp3) is 0.296. The highest BCUT2D eigenvalue weighted by atomic mass is 16.5. The Balaban J connectivity index is 1.29. The van der Waals surface area contributed by atoms with Gasteiger partial charge in [-0.3, -0.25) is 9.78 Å². The number of aromatic nitrogens is 3. The molecule has 4 aromatic rings. The van der Waals surface area contributed by atoms with Crippen LogP contribution in [-0.2, 0) is 17.7 Å². The van der Waals surface area contributed by atoms with E-state index in [0.717, 1.165) is 28.8 Å². The van der Waals surface area contributed by atoms with Crippen molar-refractivity contribution in [2.24, 2.45) is 5.92 Å². The quantitative estimate of drug-likeness (QED) is 0.468. The molecule has 6 heteroatoms. The third-order valence-corrected chi connectivity index (χ3v) is 6.30. The summed E-state index contributed by atoms with van der Waals surface area (Å²) >= 11 is 0. The molecule has 1 atom stereocenters. The van der Waals surface area contributed by atoms with Crippen LogP contribution >= 0.6 is 0 Å². The predicted octanol–water partition coefficient (Wildman–Crippen LogP) is 4.12. The average molecular weight is 441 g/mol. The van der Waals surface area contributed by atoms with Gasteiger partial charge in [-0.25, -0.2) is 4.98 Å². The number of fused-ring (bicyclic) bond motifs is 1. The first-order chi connectivity index (χ1) is 16.2. The van der Waals surface area contributed by atoms with Gasteiger partial charge in [0.25, 0.3) is 5.91 Å². The Morgan fingerprint density at radius 2 is 2.03 bits per heavy atom. The van der Waals surface area contributed by atoms with Gasteiger partial charge in [-0.15, -0.1) is 0 Å². The summed E-state index contributed by atoms with van der Waals surface area (Å²) in [5, 5.41) is 2.33. The number of hydrogen-bond donors (Lipinski definition) is 0. The molecular weight excluding hydrogens is 412 g/mol. The Morgan fingerprint density at radius 3 is 2.91 bits per heavy atom. The zero-order valence-electron chi connectivity index (χ0n) is 18.9. The molecule has 33 heavy (non-hydrogen) atoms. The second kappa shape index (κ2) is 9.55. The van der Waals surface area contributed by atoms with Crippen molar-refractivity contribution >= 4 is 16.7 Å². The van der Waals surface area contributed by atoms with E-state index in [1.54, 1.807) is 6.20 Å². The first-order valence-corrected chi connectivity index (χ1v) is 11.4. The van der Waals surface area contributed by atoms with Gasteiger partial charge in [0, 0.05) is 61.3 Å². The number of hydrogen-bond acceptors (Lipinski definition) is 4. The van der Waals surface area contributed by atoms with Gasteiger partial charge in [-0.2, -0.15) is 0 Å².